The summed E-state index contributed by atoms with van der Waals surface area (Å²) in [4.78, 5) is 28.4. The lowest BCUT2D eigenvalue weighted by molar-refractivity contribution is -0.142. The molecule has 2 unspecified atom stereocenters. The van der Waals surface area contributed by atoms with E-state index in [-0.39, 0.29) is 24.1 Å². The molecule has 0 bridgehead atoms. The van der Waals surface area contributed by atoms with Crippen LogP contribution in [0.25, 0.3) is 0 Å². The molecule has 2 aliphatic heterocycles. The Morgan fingerprint density at radius 2 is 1.85 bits per heavy atom. The van der Waals surface area contributed by atoms with E-state index in [4.69, 9.17) is 4.74 Å². The van der Waals surface area contributed by atoms with Gasteiger partial charge >= 0.3 is 6.03 Å². The lowest BCUT2D eigenvalue weighted by Crippen LogP contribution is -2.55. The quantitative estimate of drug-likeness (QED) is 0.875. The van der Waals surface area contributed by atoms with Gasteiger partial charge in [0.1, 0.15) is 6.10 Å². The molecule has 6 heteroatoms. The van der Waals surface area contributed by atoms with E-state index in [0.717, 1.165) is 25.7 Å². The van der Waals surface area contributed by atoms with Gasteiger partial charge in [-0.25, -0.2) is 4.79 Å². The van der Waals surface area contributed by atoms with Crippen molar-refractivity contribution in [2.75, 3.05) is 32.8 Å². The van der Waals surface area contributed by atoms with E-state index in [1.54, 1.807) is 4.90 Å². The fourth-order valence-electron chi connectivity index (χ4n) is 3.51. The molecule has 2 heterocycles. The summed E-state index contributed by atoms with van der Waals surface area (Å²) in [5, 5.41) is 3.08. The highest BCUT2D eigenvalue weighted by molar-refractivity contribution is 5.81. The molecule has 0 saturated carbocycles. The third-order valence-electron chi connectivity index (χ3n) is 5.16. The first-order chi connectivity index (χ1) is 12.6. The third-order valence-corrected chi connectivity index (χ3v) is 5.16. The number of amides is 3. The Labute approximate surface area is 155 Å². The Balaban J connectivity index is 1.38. The molecule has 1 aromatic rings. The van der Waals surface area contributed by atoms with Gasteiger partial charge in [-0.2, -0.15) is 0 Å². The van der Waals surface area contributed by atoms with Crippen LogP contribution in [0.1, 0.15) is 31.7 Å². The first kappa shape index (κ1) is 18.7. The maximum atomic E-state index is 12.4. The summed E-state index contributed by atoms with van der Waals surface area (Å²) in [6.07, 6.45) is 3.37. The van der Waals surface area contributed by atoms with Gasteiger partial charge in [-0.3, -0.25) is 4.79 Å². The molecule has 1 N–H and O–H groups in total. The summed E-state index contributed by atoms with van der Waals surface area (Å²) in [7, 11) is 0. The molecular formula is C20H29N3O3. The van der Waals surface area contributed by atoms with E-state index in [1.807, 2.05) is 30.0 Å². The summed E-state index contributed by atoms with van der Waals surface area (Å²) < 4.78 is 5.47. The zero-order valence-electron chi connectivity index (χ0n) is 15.5. The van der Waals surface area contributed by atoms with Gasteiger partial charge in [0.15, 0.2) is 0 Å². The maximum absolute atomic E-state index is 12.4. The maximum Gasteiger partial charge on any atom is 0.317 e. The molecule has 0 radical (unpaired) electrons. The number of aryl methyl sites for hydroxylation is 1. The van der Waals surface area contributed by atoms with E-state index < -0.39 is 0 Å². The molecule has 1 aromatic carbocycles. The highest BCUT2D eigenvalue weighted by atomic mass is 16.5. The van der Waals surface area contributed by atoms with E-state index in [1.165, 1.54) is 5.56 Å². The predicted octanol–water partition coefficient (Wildman–Crippen LogP) is 2.04. The van der Waals surface area contributed by atoms with Gasteiger partial charge in [0.05, 0.1) is 0 Å². The summed E-state index contributed by atoms with van der Waals surface area (Å²) in [6, 6.07) is 10.4. The molecule has 0 aliphatic carbocycles. The number of benzene rings is 1. The fourth-order valence-corrected chi connectivity index (χ4v) is 3.51. The number of hydrogen-bond donors (Lipinski definition) is 1. The molecule has 0 spiro atoms. The standard InChI is InChI=1S/C20H29N3O3/c1-16(9-10-17-6-3-2-4-7-17)21-20(25)23-13-11-22(12-14-23)19(24)18-8-5-15-26-18/h2-4,6-7,16,18H,5,8-15H2,1H3,(H,21,25). The SMILES string of the molecule is CC(CCc1ccccc1)NC(=O)N1CCN(C(=O)C2CCCO2)CC1. The molecule has 142 valence electrons. The van der Waals surface area contributed by atoms with E-state index in [9.17, 15) is 9.59 Å². The number of piperazine rings is 1. The van der Waals surface area contributed by atoms with Crippen molar-refractivity contribution < 1.29 is 14.3 Å². The van der Waals surface area contributed by atoms with Crippen LogP contribution in [0.4, 0.5) is 4.79 Å². The number of ether oxygens (including phenoxy) is 1. The number of nitrogens with zero attached hydrogens (tertiary/aromatic N) is 2. The summed E-state index contributed by atoms with van der Waals surface area (Å²) in [5.74, 6) is 0.0822. The molecule has 6 nitrogen and oxygen atoms in total. The van der Waals surface area contributed by atoms with E-state index in [2.05, 4.69) is 17.4 Å². The first-order valence-corrected chi connectivity index (χ1v) is 9.63. The topological polar surface area (TPSA) is 61.9 Å². The predicted molar refractivity (Wildman–Crippen MR) is 99.9 cm³/mol. The van der Waals surface area contributed by atoms with Crippen LogP contribution in [0.3, 0.4) is 0 Å². The second kappa shape index (κ2) is 9.03. The van der Waals surface area contributed by atoms with Crippen LogP contribution in [-0.4, -0.2) is 66.7 Å². The number of carbonyl (C=O) groups is 2. The highest BCUT2D eigenvalue weighted by Gasteiger charge is 2.31. The van der Waals surface area contributed by atoms with Crippen molar-refractivity contribution in [3.63, 3.8) is 0 Å². The van der Waals surface area contributed by atoms with Crippen molar-refractivity contribution in [2.24, 2.45) is 0 Å². The molecule has 2 atom stereocenters. The van der Waals surface area contributed by atoms with Crippen LogP contribution in [0.15, 0.2) is 30.3 Å². The van der Waals surface area contributed by atoms with Crippen LogP contribution in [-0.2, 0) is 16.0 Å². The van der Waals surface area contributed by atoms with Crippen molar-refractivity contribution in [2.45, 2.75) is 44.8 Å². The van der Waals surface area contributed by atoms with Crippen molar-refractivity contribution in [3.8, 4) is 0 Å². The smallest absolute Gasteiger partial charge is 0.317 e. The van der Waals surface area contributed by atoms with Gasteiger partial charge in [-0.15, -0.1) is 0 Å². The van der Waals surface area contributed by atoms with E-state index >= 15 is 0 Å². The Hall–Kier alpha value is -2.08. The first-order valence-electron chi connectivity index (χ1n) is 9.63. The minimum Gasteiger partial charge on any atom is -0.368 e. The molecule has 26 heavy (non-hydrogen) atoms. The van der Waals surface area contributed by atoms with Crippen molar-refractivity contribution in [3.05, 3.63) is 35.9 Å². The molecule has 0 aromatic heterocycles. The third kappa shape index (κ3) is 4.97. The van der Waals surface area contributed by atoms with Gasteiger partial charge in [0.25, 0.3) is 5.91 Å². The second-order valence-corrected chi connectivity index (χ2v) is 7.19. The van der Waals surface area contributed by atoms with Crippen LogP contribution in [0.2, 0.25) is 0 Å². The van der Waals surface area contributed by atoms with Crippen molar-refractivity contribution >= 4 is 11.9 Å². The van der Waals surface area contributed by atoms with Crippen LogP contribution in [0, 0.1) is 0 Å². The Kier molecular flexibility index (Phi) is 6.50. The van der Waals surface area contributed by atoms with E-state index in [0.29, 0.717) is 32.8 Å². The number of nitrogens with one attached hydrogen (secondary N) is 1. The molecule has 2 saturated heterocycles. The summed E-state index contributed by atoms with van der Waals surface area (Å²) in [5.41, 5.74) is 1.29. The van der Waals surface area contributed by atoms with Gasteiger partial charge in [0.2, 0.25) is 0 Å². The zero-order chi connectivity index (χ0) is 18.4. The Morgan fingerprint density at radius 1 is 1.15 bits per heavy atom. The number of carbonyl (C=O) groups excluding carboxylic acids is 2. The molecule has 2 aliphatic rings. The molecule has 2 fully saturated rings. The van der Waals surface area contributed by atoms with Gasteiger partial charge in [-0.05, 0) is 38.2 Å². The number of urea groups is 1. The number of hydrogen-bond acceptors (Lipinski definition) is 3. The Morgan fingerprint density at radius 3 is 2.50 bits per heavy atom. The normalized spacial score (nSPS) is 21.5. The summed E-state index contributed by atoms with van der Waals surface area (Å²) in [6.45, 7) is 5.05. The minimum atomic E-state index is -0.270. The van der Waals surface area contributed by atoms with Gasteiger partial charge < -0.3 is 19.9 Å². The fraction of sp³-hybridized carbons (Fsp3) is 0.600. The van der Waals surface area contributed by atoms with Gasteiger partial charge in [-0.1, -0.05) is 30.3 Å². The van der Waals surface area contributed by atoms with Crippen LogP contribution < -0.4 is 5.32 Å². The lowest BCUT2D eigenvalue weighted by atomic mass is 10.1. The average molecular weight is 359 g/mol. The van der Waals surface area contributed by atoms with Crippen molar-refractivity contribution in [1.29, 1.82) is 0 Å². The van der Waals surface area contributed by atoms with Crippen LogP contribution >= 0.6 is 0 Å². The number of rotatable bonds is 5. The lowest BCUT2D eigenvalue weighted by Gasteiger charge is -2.36. The minimum absolute atomic E-state index is 0.0326. The van der Waals surface area contributed by atoms with Crippen LogP contribution in [0.5, 0.6) is 0 Å². The zero-order valence-corrected chi connectivity index (χ0v) is 15.5. The monoisotopic (exact) mass is 359 g/mol. The molecule has 3 amide bonds. The van der Waals surface area contributed by atoms with Gasteiger partial charge in [0, 0.05) is 38.8 Å². The molecular weight excluding hydrogens is 330 g/mol. The Bertz CT molecular complexity index is 594. The summed E-state index contributed by atoms with van der Waals surface area (Å²) >= 11 is 0. The molecule has 3 rings (SSSR count). The highest BCUT2D eigenvalue weighted by Crippen LogP contribution is 2.16. The largest absolute Gasteiger partial charge is 0.368 e. The van der Waals surface area contributed by atoms with Crippen molar-refractivity contribution in [1.82, 2.24) is 15.1 Å². The average Bonchev–Trinajstić information content (AvgIpc) is 3.21. The second-order valence-electron chi connectivity index (χ2n) is 7.19.